The molecule has 0 spiro atoms. The third-order valence-corrected chi connectivity index (χ3v) is 6.11. The molecule has 2 aliphatic rings. The van der Waals surface area contributed by atoms with Gasteiger partial charge in [-0.1, -0.05) is 60.7 Å². The van der Waals surface area contributed by atoms with Gasteiger partial charge in [-0.2, -0.15) is 0 Å². The number of aliphatic imine (C=N–C) groups is 1. The van der Waals surface area contributed by atoms with E-state index in [1.807, 2.05) is 49.4 Å². The van der Waals surface area contributed by atoms with Gasteiger partial charge in [-0.25, -0.2) is 4.79 Å². The Kier molecular flexibility index (Phi) is 6.00. The third kappa shape index (κ3) is 4.03. The van der Waals surface area contributed by atoms with Gasteiger partial charge in [-0.3, -0.25) is 4.99 Å². The summed E-state index contributed by atoms with van der Waals surface area (Å²) in [6, 6.07) is 18.0. The van der Waals surface area contributed by atoms with Crippen molar-refractivity contribution in [2.75, 3.05) is 19.7 Å². The van der Waals surface area contributed by atoms with E-state index in [9.17, 15) is 9.90 Å². The normalized spacial score (nSPS) is 22.0. The van der Waals surface area contributed by atoms with Crippen LogP contribution in [0.25, 0.3) is 0 Å². The molecule has 0 saturated carbocycles. The van der Waals surface area contributed by atoms with E-state index in [-0.39, 0.29) is 18.7 Å². The Morgan fingerprint density at radius 1 is 1.17 bits per heavy atom. The summed E-state index contributed by atoms with van der Waals surface area (Å²) in [4.78, 5) is 19.3. The van der Waals surface area contributed by atoms with Gasteiger partial charge in [0, 0.05) is 19.6 Å². The number of nitrogens with zero attached hydrogens (tertiary/aromatic N) is 2. The van der Waals surface area contributed by atoms with Crippen LogP contribution in [0.2, 0.25) is 0 Å². The Morgan fingerprint density at radius 2 is 1.93 bits per heavy atom. The first kappa shape index (κ1) is 20.4. The number of aliphatic hydroxyl groups excluding tert-OH is 1. The predicted molar refractivity (Wildman–Crippen MR) is 118 cm³/mol. The minimum absolute atomic E-state index is 0.0824. The van der Waals surface area contributed by atoms with Crippen molar-refractivity contribution in [3.8, 4) is 0 Å². The van der Waals surface area contributed by atoms with Crippen LogP contribution in [0.3, 0.4) is 0 Å². The standard InChI is InChI=1S/C25H28N2O3/c1-19(20-10-12-21(13-11-20)23-9-5-16-26-23)27-17-15-25(14-6-18-28,30-24(27)29)22-7-3-2-4-8-22/h2-5,7-13,19,28H,6,14-18H2,1H3/t19-,25+/m0/s1. The first-order chi connectivity index (χ1) is 14.6. The SMILES string of the molecule is C[C@@H](c1ccc(C2=NCC=C2)cc1)N1CC[C@](CCCO)(c2ccccc2)OC1=O. The van der Waals surface area contributed by atoms with Crippen LogP contribution >= 0.6 is 0 Å². The van der Waals surface area contributed by atoms with Crippen LogP contribution in [-0.4, -0.2) is 41.5 Å². The highest BCUT2D eigenvalue weighted by Crippen LogP contribution is 2.40. The molecular formula is C25H28N2O3. The van der Waals surface area contributed by atoms with Crippen molar-refractivity contribution in [1.29, 1.82) is 0 Å². The number of hydrogen-bond acceptors (Lipinski definition) is 4. The smallest absolute Gasteiger partial charge is 0.411 e. The molecule has 1 fully saturated rings. The lowest BCUT2D eigenvalue weighted by molar-refractivity contribution is -0.0680. The molecule has 5 heteroatoms. The minimum Gasteiger partial charge on any atom is -0.438 e. The van der Waals surface area contributed by atoms with Crippen LogP contribution in [0.1, 0.15) is 48.9 Å². The van der Waals surface area contributed by atoms with E-state index in [1.165, 1.54) is 0 Å². The molecule has 2 atom stereocenters. The van der Waals surface area contributed by atoms with E-state index in [2.05, 4.69) is 29.3 Å². The van der Waals surface area contributed by atoms with E-state index in [4.69, 9.17) is 4.74 Å². The quantitative estimate of drug-likeness (QED) is 0.733. The average molecular weight is 405 g/mol. The van der Waals surface area contributed by atoms with Crippen molar-refractivity contribution in [3.63, 3.8) is 0 Å². The molecule has 30 heavy (non-hydrogen) atoms. The van der Waals surface area contributed by atoms with Crippen molar-refractivity contribution < 1.29 is 14.6 Å². The number of aliphatic hydroxyl groups is 1. The number of ether oxygens (including phenoxy) is 1. The van der Waals surface area contributed by atoms with Crippen molar-refractivity contribution in [3.05, 3.63) is 83.4 Å². The highest BCUT2D eigenvalue weighted by atomic mass is 16.6. The molecular weight excluding hydrogens is 376 g/mol. The average Bonchev–Trinajstić information content (AvgIpc) is 3.33. The number of hydrogen-bond donors (Lipinski definition) is 1. The van der Waals surface area contributed by atoms with Crippen LogP contribution < -0.4 is 0 Å². The monoisotopic (exact) mass is 404 g/mol. The molecule has 1 N–H and O–H groups in total. The topological polar surface area (TPSA) is 62.1 Å². The van der Waals surface area contributed by atoms with E-state index in [0.29, 0.717) is 25.8 Å². The van der Waals surface area contributed by atoms with Crippen LogP contribution in [0, 0.1) is 0 Å². The Hall–Kier alpha value is -2.92. The van der Waals surface area contributed by atoms with Crippen molar-refractivity contribution in [2.24, 2.45) is 4.99 Å². The van der Waals surface area contributed by atoms with Gasteiger partial charge in [0.15, 0.2) is 0 Å². The number of rotatable bonds is 7. The second-order valence-corrected chi connectivity index (χ2v) is 7.93. The van der Waals surface area contributed by atoms with Crippen LogP contribution in [0.4, 0.5) is 4.79 Å². The number of cyclic esters (lactones) is 1. The lowest BCUT2D eigenvalue weighted by Crippen LogP contribution is -2.48. The molecule has 2 aliphatic heterocycles. The van der Waals surface area contributed by atoms with Crippen molar-refractivity contribution in [1.82, 2.24) is 4.90 Å². The molecule has 5 nitrogen and oxygen atoms in total. The number of carbonyl (C=O) groups excluding carboxylic acids is 1. The lowest BCUT2D eigenvalue weighted by Gasteiger charge is -2.43. The summed E-state index contributed by atoms with van der Waals surface area (Å²) in [5, 5.41) is 9.35. The molecule has 0 aliphatic carbocycles. The summed E-state index contributed by atoms with van der Waals surface area (Å²) in [6.45, 7) is 3.47. The zero-order valence-electron chi connectivity index (χ0n) is 17.3. The summed E-state index contributed by atoms with van der Waals surface area (Å²) >= 11 is 0. The summed E-state index contributed by atoms with van der Waals surface area (Å²) in [5.41, 5.74) is 3.49. The van der Waals surface area contributed by atoms with Gasteiger partial charge in [-0.05, 0) is 42.5 Å². The summed E-state index contributed by atoms with van der Waals surface area (Å²) in [5.74, 6) is 0. The summed E-state index contributed by atoms with van der Waals surface area (Å²) in [6.07, 6.45) is 5.69. The van der Waals surface area contributed by atoms with Gasteiger partial charge >= 0.3 is 6.09 Å². The zero-order valence-corrected chi connectivity index (χ0v) is 17.3. The maximum absolute atomic E-state index is 13.1. The fraction of sp³-hybridized carbons (Fsp3) is 0.360. The Bertz CT molecular complexity index is 937. The first-order valence-electron chi connectivity index (χ1n) is 10.6. The number of amides is 1. The highest BCUT2D eigenvalue weighted by molar-refractivity contribution is 6.09. The third-order valence-electron chi connectivity index (χ3n) is 6.11. The van der Waals surface area contributed by atoms with Gasteiger partial charge in [0.1, 0.15) is 5.60 Å². The first-order valence-corrected chi connectivity index (χ1v) is 10.6. The van der Waals surface area contributed by atoms with Gasteiger partial charge in [0.25, 0.3) is 0 Å². The van der Waals surface area contributed by atoms with Gasteiger partial charge in [-0.15, -0.1) is 0 Å². The molecule has 4 rings (SSSR count). The number of benzene rings is 2. The van der Waals surface area contributed by atoms with Crippen LogP contribution in [0.15, 0.2) is 71.7 Å². The largest absolute Gasteiger partial charge is 0.438 e. The summed E-state index contributed by atoms with van der Waals surface area (Å²) in [7, 11) is 0. The van der Waals surface area contributed by atoms with Gasteiger partial charge in [0.2, 0.25) is 0 Å². The molecule has 1 amide bonds. The maximum atomic E-state index is 13.1. The molecule has 0 aromatic heterocycles. The van der Waals surface area contributed by atoms with E-state index in [1.54, 1.807) is 4.90 Å². The van der Waals surface area contributed by atoms with E-state index >= 15 is 0 Å². The fourth-order valence-electron chi connectivity index (χ4n) is 4.32. The van der Waals surface area contributed by atoms with Gasteiger partial charge < -0.3 is 14.7 Å². The fourth-order valence-corrected chi connectivity index (χ4v) is 4.32. The molecule has 0 bridgehead atoms. The van der Waals surface area contributed by atoms with Crippen LogP contribution in [0.5, 0.6) is 0 Å². The Morgan fingerprint density at radius 3 is 2.57 bits per heavy atom. The second-order valence-electron chi connectivity index (χ2n) is 7.93. The highest BCUT2D eigenvalue weighted by Gasteiger charge is 2.43. The molecule has 156 valence electrons. The van der Waals surface area contributed by atoms with Crippen LogP contribution in [-0.2, 0) is 10.3 Å². The molecule has 2 heterocycles. The molecule has 1 saturated heterocycles. The van der Waals surface area contributed by atoms with Gasteiger partial charge in [0.05, 0.1) is 18.3 Å². The number of allylic oxidation sites excluding steroid dienone is 1. The van der Waals surface area contributed by atoms with Crippen molar-refractivity contribution in [2.45, 2.75) is 37.8 Å². The Labute approximate surface area is 177 Å². The second kappa shape index (κ2) is 8.84. The maximum Gasteiger partial charge on any atom is 0.411 e. The molecule has 0 unspecified atom stereocenters. The molecule has 2 aromatic carbocycles. The van der Waals surface area contributed by atoms with E-state index < -0.39 is 5.60 Å². The predicted octanol–water partition coefficient (Wildman–Crippen LogP) is 4.62. The lowest BCUT2D eigenvalue weighted by atomic mass is 9.84. The van der Waals surface area contributed by atoms with Crippen molar-refractivity contribution >= 4 is 11.8 Å². The zero-order chi connectivity index (χ0) is 21.0. The summed E-state index contributed by atoms with van der Waals surface area (Å²) < 4.78 is 6.07. The number of carbonyl (C=O) groups is 1. The molecule has 0 radical (unpaired) electrons. The molecule has 2 aromatic rings. The Balaban J connectivity index is 1.50. The minimum atomic E-state index is -0.673. The van der Waals surface area contributed by atoms with E-state index in [0.717, 1.165) is 28.9 Å².